The van der Waals surface area contributed by atoms with Crippen molar-refractivity contribution >= 4 is 22.4 Å². The molecule has 0 aliphatic carbocycles. The number of carbonyl (C=O) groups is 1. The first kappa shape index (κ1) is 12.2. The number of pyridine rings is 1. The summed E-state index contributed by atoms with van der Waals surface area (Å²) < 4.78 is 0. The van der Waals surface area contributed by atoms with Crippen LogP contribution in [0.2, 0.25) is 0 Å². The smallest absolute Gasteiger partial charge is 0.261 e. The second kappa shape index (κ2) is 5.01. The van der Waals surface area contributed by atoms with E-state index in [0.717, 1.165) is 10.8 Å². The van der Waals surface area contributed by atoms with E-state index in [1.807, 2.05) is 42.5 Å². The molecule has 0 fully saturated rings. The topological polar surface area (TPSA) is 62.0 Å². The van der Waals surface area contributed by atoms with E-state index in [-0.39, 0.29) is 11.0 Å². The van der Waals surface area contributed by atoms with Gasteiger partial charge in [-0.25, -0.2) is 0 Å². The van der Waals surface area contributed by atoms with Crippen LogP contribution in [0.5, 0.6) is 0 Å². The maximum absolute atomic E-state index is 12.0. The molecule has 98 valence electrons. The zero-order valence-corrected chi connectivity index (χ0v) is 10.6. The number of benzene rings is 2. The summed E-state index contributed by atoms with van der Waals surface area (Å²) in [6.07, 6.45) is 2.90. The standard InChI is InChI=1S/C16H12N2O2/c19-15-7-8-17-10-14(15)16(20)18-13-6-5-11-3-1-2-4-12(11)9-13/h1-10H,(H,17,19)(H,18,20). The quantitative estimate of drug-likeness (QED) is 0.747. The van der Waals surface area contributed by atoms with Crippen LogP contribution in [0.1, 0.15) is 10.4 Å². The van der Waals surface area contributed by atoms with E-state index in [0.29, 0.717) is 5.69 Å². The third-order valence-corrected chi connectivity index (χ3v) is 3.08. The number of fused-ring (bicyclic) bond motifs is 1. The molecular formula is C16H12N2O2. The van der Waals surface area contributed by atoms with Gasteiger partial charge in [-0.1, -0.05) is 30.3 Å². The number of aromatic nitrogens is 1. The second-order valence-corrected chi connectivity index (χ2v) is 4.44. The Balaban J connectivity index is 1.91. The molecule has 2 N–H and O–H groups in total. The Labute approximate surface area is 115 Å². The summed E-state index contributed by atoms with van der Waals surface area (Å²) in [5.74, 6) is -0.415. The van der Waals surface area contributed by atoms with Crippen molar-refractivity contribution in [2.75, 3.05) is 5.32 Å². The zero-order chi connectivity index (χ0) is 13.9. The Kier molecular flexibility index (Phi) is 3.05. The lowest BCUT2D eigenvalue weighted by Gasteiger charge is -2.06. The molecule has 0 unspecified atom stereocenters. The summed E-state index contributed by atoms with van der Waals surface area (Å²) in [6, 6.07) is 14.8. The minimum absolute atomic E-state index is 0.0978. The summed E-state index contributed by atoms with van der Waals surface area (Å²) in [4.78, 5) is 26.4. The molecular weight excluding hydrogens is 252 g/mol. The monoisotopic (exact) mass is 264 g/mol. The van der Waals surface area contributed by atoms with Crippen LogP contribution in [-0.2, 0) is 0 Å². The lowest BCUT2D eigenvalue weighted by atomic mass is 10.1. The largest absolute Gasteiger partial charge is 0.367 e. The maximum Gasteiger partial charge on any atom is 0.261 e. The molecule has 20 heavy (non-hydrogen) atoms. The van der Waals surface area contributed by atoms with Crippen LogP contribution in [-0.4, -0.2) is 10.9 Å². The normalized spacial score (nSPS) is 10.4. The molecule has 0 aliphatic heterocycles. The van der Waals surface area contributed by atoms with Gasteiger partial charge in [-0.3, -0.25) is 9.59 Å². The molecule has 0 aliphatic rings. The van der Waals surface area contributed by atoms with Gasteiger partial charge in [0.2, 0.25) is 0 Å². The predicted octanol–water partition coefficient (Wildman–Crippen LogP) is 2.78. The van der Waals surface area contributed by atoms with E-state index in [2.05, 4.69) is 10.3 Å². The van der Waals surface area contributed by atoms with Crippen molar-refractivity contribution < 1.29 is 4.79 Å². The number of hydrogen-bond acceptors (Lipinski definition) is 2. The number of anilines is 1. The summed E-state index contributed by atoms with van der Waals surface area (Å²) in [5.41, 5.74) is 0.458. The van der Waals surface area contributed by atoms with Crippen molar-refractivity contribution in [3.63, 3.8) is 0 Å². The van der Waals surface area contributed by atoms with Gasteiger partial charge in [0.05, 0.1) is 0 Å². The van der Waals surface area contributed by atoms with E-state index >= 15 is 0 Å². The fourth-order valence-electron chi connectivity index (χ4n) is 2.06. The van der Waals surface area contributed by atoms with Gasteiger partial charge in [0.1, 0.15) is 5.56 Å². The van der Waals surface area contributed by atoms with Crippen molar-refractivity contribution in [2.24, 2.45) is 0 Å². The van der Waals surface area contributed by atoms with Crippen molar-refractivity contribution in [2.45, 2.75) is 0 Å². The molecule has 3 rings (SSSR count). The molecule has 0 saturated carbocycles. The van der Waals surface area contributed by atoms with Gasteiger partial charge in [0.25, 0.3) is 5.91 Å². The summed E-state index contributed by atoms with van der Waals surface area (Å²) in [5, 5.41) is 4.87. The van der Waals surface area contributed by atoms with E-state index in [1.54, 1.807) is 0 Å². The Morgan fingerprint density at radius 2 is 1.80 bits per heavy atom. The fourth-order valence-corrected chi connectivity index (χ4v) is 2.06. The molecule has 1 amide bonds. The first-order valence-electron chi connectivity index (χ1n) is 6.21. The van der Waals surface area contributed by atoms with Crippen molar-refractivity contribution in [3.8, 4) is 0 Å². The number of rotatable bonds is 2. The average Bonchev–Trinajstić information content (AvgIpc) is 2.47. The molecule has 0 spiro atoms. The molecule has 2 aromatic carbocycles. The van der Waals surface area contributed by atoms with Gasteiger partial charge in [0.15, 0.2) is 5.43 Å². The Bertz CT molecular complexity index is 837. The van der Waals surface area contributed by atoms with Gasteiger partial charge < -0.3 is 10.3 Å². The summed E-state index contributed by atoms with van der Waals surface area (Å²) >= 11 is 0. The number of aromatic amines is 1. The SMILES string of the molecule is O=C(Nc1ccc2ccccc2c1)c1c[nH]ccc1=O. The number of nitrogens with one attached hydrogen (secondary N) is 2. The Morgan fingerprint density at radius 1 is 1.00 bits per heavy atom. The molecule has 4 heteroatoms. The molecule has 0 radical (unpaired) electrons. The van der Waals surface area contributed by atoms with Crippen molar-refractivity contribution in [1.29, 1.82) is 0 Å². The third kappa shape index (κ3) is 2.31. The van der Waals surface area contributed by atoms with Crippen LogP contribution in [0, 0.1) is 0 Å². The molecule has 1 aromatic heterocycles. The summed E-state index contributed by atoms with van der Waals surface area (Å²) in [6.45, 7) is 0. The third-order valence-electron chi connectivity index (χ3n) is 3.08. The van der Waals surface area contributed by atoms with Crippen LogP contribution in [0.25, 0.3) is 10.8 Å². The average molecular weight is 264 g/mol. The number of H-pyrrole nitrogens is 1. The lowest BCUT2D eigenvalue weighted by molar-refractivity contribution is 0.102. The van der Waals surface area contributed by atoms with E-state index in [1.165, 1.54) is 18.5 Å². The number of hydrogen-bond donors (Lipinski definition) is 2. The highest BCUT2D eigenvalue weighted by atomic mass is 16.2. The predicted molar refractivity (Wildman–Crippen MR) is 79.0 cm³/mol. The van der Waals surface area contributed by atoms with E-state index in [9.17, 15) is 9.59 Å². The van der Waals surface area contributed by atoms with E-state index in [4.69, 9.17) is 0 Å². The van der Waals surface area contributed by atoms with Crippen LogP contribution >= 0.6 is 0 Å². The van der Waals surface area contributed by atoms with E-state index < -0.39 is 5.91 Å². The van der Waals surface area contributed by atoms with Gasteiger partial charge in [-0.05, 0) is 22.9 Å². The maximum atomic E-state index is 12.0. The van der Waals surface area contributed by atoms with Crippen molar-refractivity contribution in [1.82, 2.24) is 4.98 Å². The van der Waals surface area contributed by atoms with Gasteiger partial charge in [-0.15, -0.1) is 0 Å². The highest BCUT2D eigenvalue weighted by Gasteiger charge is 2.09. The van der Waals surface area contributed by atoms with Crippen LogP contribution in [0.4, 0.5) is 5.69 Å². The second-order valence-electron chi connectivity index (χ2n) is 4.44. The molecule has 0 atom stereocenters. The highest BCUT2D eigenvalue weighted by Crippen LogP contribution is 2.19. The van der Waals surface area contributed by atoms with Crippen LogP contribution in [0.15, 0.2) is 65.7 Å². The molecule has 1 heterocycles. The molecule has 0 bridgehead atoms. The molecule has 3 aromatic rings. The fraction of sp³-hybridized carbons (Fsp3) is 0. The van der Waals surface area contributed by atoms with Gasteiger partial charge >= 0.3 is 0 Å². The van der Waals surface area contributed by atoms with Gasteiger partial charge in [-0.2, -0.15) is 0 Å². The molecule has 4 nitrogen and oxygen atoms in total. The van der Waals surface area contributed by atoms with Gasteiger partial charge in [0, 0.05) is 24.1 Å². The number of carbonyl (C=O) groups excluding carboxylic acids is 1. The molecule has 0 saturated heterocycles. The van der Waals surface area contributed by atoms with Crippen LogP contribution in [0.3, 0.4) is 0 Å². The Hall–Kier alpha value is -2.88. The summed E-state index contributed by atoms with van der Waals surface area (Å²) in [7, 11) is 0. The Morgan fingerprint density at radius 3 is 2.60 bits per heavy atom. The first-order chi connectivity index (χ1) is 9.74. The first-order valence-corrected chi connectivity index (χ1v) is 6.21. The van der Waals surface area contributed by atoms with Crippen molar-refractivity contribution in [3.05, 3.63) is 76.7 Å². The van der Waals surface area contributed by atoms with Crippen LogP contribution < -0.4 is 10.7 Å². The number of amides is 1. The lowest BCUT2D eigenvalue weighted by Crippen LogP contribution is -2.20. The highest BCUT2D eigenvalue weighted by molar-refractivity contribution is 6.04. The minimum atomic E-state index is -0.415. The minimum Gasteiger partial charge on any atom is -0.367 e. The zero-order valence-electron chi connectivity index (χ0n) is 10.6.